The van der Waals surface area contributed by atoms with E-state index in [2.05, 4.69) is 0 Å². The fourth-order valence-corrected chi connectivity index (χ4v) is 4.30. The van der Waals surface area contributed by atoms with E-state index in [0.717, 1.165) is 19.3 Å². The summed E-state index contributed by atoms with van der Waals surface area (Å²) in [5, 5.41) is 1.27. The van der Waals surface area contributed by atoms with Crippen LogP contribution >= 0.6 is 0 Å². The molecular formula is C17H23NO5. The topological polar surface area (TPSA) is 72.9 Å². The van der Waals surface area contributed by atoms with Crippen molar-refractivity contribution in [3.8, 4) is 0 Å². The van der Waals surface area contributed by atoms with Crippen molar-refractivity contribution in [3.63, 3.8) is 0 Å². The molecule has 3 rings (SSSR count). The number of rotatable bonds is 2. The summed E-state index contributed by atoms with van der Waals surface area (Å²) in [7, 11) is 1.43. The second kappa shape index (κ2) is 5.74. The van der Waals surface area contributed by atoms with Crippen LogP contribution in [0.25, 0.3) is 0 Å². The lowest BCUT2D eigenvalue weighted by molar-refractivity contribution is -0.194. The van der Waals surface area contributed by atoms with Crippen molar-refractivity contribution in [2.24, 2.45) is 5.41 Å². The number of carbonyl (C=O) groups is 3. The Labute approximate surface area is 135 Å². The van der Waals surface area contributed by atoms with Crippen LogP contribution in [0.5, 0.6) is 0 Å². The van der Waals surface area contributed by atoms with Gasteiger partial charge in [-0.25, -0.2) is 5.06 Å². The summed E-state index contributed by atoms with van der Waals surface area (Å²) in [6.07, 6.45) is 8.06. The number of amides is 1. The molecule has 3 aliphatic rings. The Morgan fingerprint density at radius 2 is 1.91 bits per heavy atom. The maximum absolute atomic E-state index is 13.3. The van der Waals surface area contributed by atoms with Crippen LogP contribution in [0.2, 0.25) is 0 Å². The van der Waals surface area contributed by atoms with Gasteiger partial charge in [0.15, 0.2) is 5.78 Å². The summed E-state index contributed by atoms with van der Waals surface area (Å²) >= 11 is 0. The van der Waals surface area contributed by atoms with Gasteiger partial charge in [-0.3, -0.25) is 19.2 Å². The number of carbonyl (C=O) groups excluding carboxylic acids is 3. The predicted molar refractivity (Wildman–Crippen MR) is 81.0 cm³/mol. The highest BCUT2D eigenvalue weighted by Crippen LogP contribution is 2.51. The van der Waals surface area contributed by atoms with E-state index < -0.39 is 11.0 Å². The molecule has 2 aliphatic carbocycles. The SMILES string of the molecule is CON1C(=O)C2(CCCCC2)C(=O)[C@@]12C=C[C@H](OC(C)=O)CC2. The lowest BCUT2D eigenvalue weighted by Crippen LogP contribution is -2.50. The van der Waals surface area contributed by atoms with Crippen LogP contribution in [0.1, 0.15) is 51.9 Å². The van der Waals surface area contributed by atoms with Crippen molar-refractivity contribution in [2.75, 3.05) is 7.11 Å². The van der Waals surface area contributed by atoms with Crippen LogP contribution in [0, 0.1) is 5.41 Å². The molecule has 0 bridgehead atoms. The molecule has 0 radical (unpaired) electrons. The first-order chi connectivity index (χ1) is 11.0. The number of hydroxylamine groups is 2. The second-order valence-electron chi connectivity index (χ2n) is 6.72. The van der Waals surface area contributed by atoms with Crippen molar-refractivity contribution in [2.45, 2.75) is 63.5 Å². The van der Waals surface area contributed by atoms with Crippen molar-refractivity contribution in [3.05, 3.63) is 12.2 Å². The molecule has 0 aromatic carbocycles. The second-order valence-corrected chi connectivity index (χ2v) is 6.72. The molecule has 1 amide bonds. The lowest BCUT2D eigenvalue weighted by atomic mass is 9.67. The quantitative estimate of drug-likeness (QED) is 0.441. The molecule has 2 spiro atoms. The third-order valence-corrected chi connectivity index (χ3v) is 5.39. The molecule has 23 heavy (non-hydrogen) atoms. The summed E-state index contributed by atoms with van der Waals surface area (Å²) < 4.78 is 5.18. The van der Waals surface area contributed by atoms with Crippen molar-refractivity contribution in [1.82, 2.24) is 5.06 Å². The molecule has 1 saturated carbocycles. The van der Waals surface area contributed by atoms with Gasteiger partial charge in [0.2, 0.25) is 0 Å². The number of ketones is 1. The Morgan fingerprint density at radius 3 is 2.43 bits per heavy atom. The van der Waals surface area contributed by atoms with Crippen LogP contribution in [-0.2, 0) is 24.0 Å². The maximum atomic E-state index is 13.3. The average Bonchev–Trinajstić information content (AvgIpc) is 2.70. The summed E-state index contributed by atoms with van der Waals surface area (Å²) in [4.78, 5) is 42.6. The van der Waals surface area contributed by atoms with Crippen molar-refractivity contribution < 1.29 is 24.0 Å². The van der Waals surface area contributed by atoms with Gasteiger partial charge in [-0.2, -0.15) is 0 Å². The van der Waals surface area contributed by atoms with Crippen LogP contribution in [-0.4, -0.2) is 41.5 Å². The number of nitrogens with zero attached hydrogens (tertiary/aromatic N) is 1. The Kier molecular flexibility index (Phi) is 4.04. The molecule has 1 heterocycles. The standard InChI is InChI=1S/C17H23NO5/c1-12(19)23-13-6-10-17(11-7-13)14(20)16(8-4-3-5-9-16)15(21)18(17)22-2/h6,10,13H,3-5,7-9,11H2,1-2H3/t13-,17-/m0/s1. The van der Waals surface area contributed by atoms with E-state index >= 15 is 0 Å². The van der Waals surface area contributed by atoms with E-state index in [1.165, 1.54) is 19.1 Å². The van der Waals surface area contributed by atoms with E-state index in [1.54, 1.807) is 12.2 Å². The smallest absolute Gasteiger partial charge is 0.303 e. The van der Waals surface area contributed by atoms with E-state index in [9.17, 15) is 14.4 Å². The van der Waals surface area contributed by atoms with Crippen LogP contribution in [0.3, 0.4) is 0 Å². The first kappa shape index (κ1) is 16.2. The summed E-state index contributed by atoms with van der Waals surface area (Å²) in [5.41, 5.74) is -1.97. The summed E-state index contributed by atoms with van der Waals surface area (Å²) in [6, 6.07) is 0. The van der Waals surface area contributed by atoms with Crippen molar-refractivity contribution in [1.29, 1.82) is 0 Å². The lowest BCUT2D eigenvalue weighted by Gasteiger charge is -2.36. The molecule has 6 nitrogen and oxygen atoms in total. The number of hydrogen-bond acceptors (Lipinski definition) is 5. The van der Waals surface area contributed by atoms with Gasteiger partial charge in [-0.15, -0.1) is 0 Å². The number of ether oxygens (including phenoxy) is 1. The van der Waals surface area contributed by atoms with Crippen LogP contribution < -0.4 is 0 Å². The largest absolute Gasteiger partial charge is 0.458 e. The number of hydrogen-bond donors (Lipinski definition) is 0. The monoisotopic (exact) mass is 321 g/mol. The zero-order valence-corrected chi connectivity index (χ0v) is 13.7. The van der Waals surface area contributed by atoms with E-state index in [0.29, 0.717) is 25.7 Å². The summed E-state index contributed by atoms with van der Waals surface area (Å²) in [5.74, 6) is -0.605. The highest BCUT2D eigenvalue weighted by molar-refractivity contribution is 6.17. The molecule has 0 aromatic rings. The van der Waals surface area contributed by atoms with E-state index in [-0.39, 0.29) is 23.8 Å². The zero-order chi connectivity index (χ0) is 16.7. The molecule has 0 N–H and O–H groups in total. The Balaban J connectivity index is 1.94. The zero-order valence-electron chi connectivity index (χ0n) is 13.7. The normalized spacial score (nSPS) is 32.8. The molecule has 1 aliphatic heterocycles. The van der Waals surface area contributed by atoms with E-state index in [4.69, 9.17) is 9.57 Å². The Hall–Kier alpha value is -1.69. The fraction of sp³-hybridized carbons (Fsp3) is 0.706. The third-order valence-electron chi connectivity index (χ3n) is 5.39. The minimum absolute atomic E-state index is 0.0472. The third kappa shape index (κ3) is 2.31. The predicted octanol–water partition coefficient (Wildman–Crippen LogP) is 1.93. The average molecular weight is 321 g/mol. The maximum Gasteiger partial charge on any atom is 0.303 e. The number of esters is 1. The summed E-state index contributed by atoms with van der Waals surface area (Å²) in [6.45, 7) is 1.36. The minimum Gasteiger partial charge on any atom is -0.458 e. The highest BCUT2D eigenvalue weighted by Gasteiger charge is 2.66. The first-order valence-corrected chi connectivity index (χ1v) is 8.26. The van der Waals surface area contributed by atoms with Crippen LogP contribution in [0.4, 0.5) is 0 Å². The Bertz CT molecular complexity index is 563. The molecule has 126 valence electrons. The minimum atomic E-state index is -1.04. The van der Waals surface area contributed by atoms with Gasteiger partial charge in [0.05, 0.1) is 7.11 Å². The van der Waals surface area contributed by atoms with Gasteiger partial charge in [-0.1, -0.05) is 19.3 Å². The number of Topliss-reactive ketones (excluding diaryl/α,β-unsaturated/α-hetero) is 1. The molecule has 2 fully saturated rings. The molecule has 0 aromatic heterocycles. The van der Waals surface area contributed by atoms with Gasteiger partial charge < -0.3 is 4.74 Å². The van der Waals surface area contributed by atoms with Gasteiger partial charge in [0.1, 0.15) is 17.1 Å². The van der Waals surface area contributed by atoms with Gasteiger partial charge in [0, 0.05) is 6.92 Å². The Morgan fingerprint density at radius 1 is 1.22 bits per heavy atom. The van der Waals surface area contributed by atoms with Gasteiger partial charge >= 0.3 is 5.97 Å². The fourth-order valence-electron chi connectivity index (χ4n) is 4.30. The first-order valence-electron chi connectivity index (χ1n) is 8.26. The van der Waals surface area contributed by atoms with Gasteiger partial charge in [0.25, 0.3) is 5.91 Å². The van der Waals surface area contributed by atoms with Gasteiger partial charge in [-0.05, 0) is 37.8 Å². The molecular weight excluding hydrogens is 298 g/mol. The molecule has 1 saturated heterocycles. The molecule has 0 unspecified atom stereocenters. The van der Waals surface area contributed by atoms with Crippen molar-refractivity contribution >= 4 is 17.7 Å². The molecule has 6 heteroatoms. The molecule has 2 atom stereocenters. The van der Waals surface area contributed by atoms with E-state index in [1.807, 2.05) is 0 Å². The highest BCUT2D eigenvalue weighted by atomic mass is 16.7. The van der Waals surface area contributed by atoms with Crippen LogP contribution in [0.15, 0.2) is 12.2 Å².